The van der Waals surface area contributed by atoms with E-state index in [1.165, 1.54) is 0 Å². The summed E-state index contributed by atoms with van der Waals surface area (Å²) in [7, 11) is 0. The Labute approximate surface area is 156 Å². The van der Waals surface area contributed by atoms with E-state index in [-0.39, 0.29) is 24.8 Å². The van der Waals surface area contributed by atoms with Gasteiger partial charge in [0.25, 0.3) is 5.91 Å². The molecule has 2 heterocycles. The molecule has 1 aromatic heterocycles. The zero-order chi connectivity index (χ0) is 19.4. The van der Waals surface area contributed by atoms with E-state index in [9.17, 15) is 19.2 Å². The van der Waals surface area contributed by atoms with Crippen molar-refractivity contribution >= 4 is 34.9 Å². The summed E-state index contributed by atoms with van der Waals surface area (Å²) in [4.78, 5) is 50.1. The van der Waals surface area contributed by atoms with Crippen molar-refractivity contribution in [3.05, 3.63) is 35.5 Å². The Balaban J connectivity index is 1.52. The van der Waals surface area contributed by atoms with Crippen molar-refractivity contribution < 1.29 is 19.2 Å². The summed E-state index contributed by atoms with van der Waals surface area (Å²) in [5.41, 5.74) is 2.26. The molecule has 3 amide bonds. The predicted octanol–water partition coefficient (Wildman–Crippen LogP) is 0.416. The van der Waals surface area contributed by atoms with Crippen LogP contribution in [0.5, 0.6) is 0 Å². The third-order valence-electron chi connectivity index (χ3n) is 4.75. The number of aromatic amines is 1. The zero-order valence-corrected chi connectivity index (χ0v) is 15.0. The van der Waals surface area contributed by atoms with E-state index < -0.39 is 17.9 Å². The van der Waals surface area contributed by atoms with Crippen LogP contribution in [0.2, 0.25) is 0 Å². The average molecular weight is 370 g/mol. The van der Waals surface area contributed by atoms with Crippen LogP contribution in [0.3, 0.4) is 0 Å². The third-order valence-corrected chi connectivity index (χ3v) is 4.75. The predicted molar refractivity (Wildman–Crippen MR) is 99.1 cm³/mol. The lowest BCUT2D eigenvalue weighted by molar-refractivity contribution is -0.125. The number of hydrogen-bond acceptors (Lipinski definition) is 4. The number of benzene rings is 1. The molecule has 1 fully saturated rings. The molecule has 2 aromatic rings. The molecule has 8 nitrogen and oxygen atoms in total. The normalized spacial score (nSPS) is 17.4. The number of carbonyl (C=O) groups is 4. The monoisotopic (exact) mass is 370 g/mol. The quantitative estimate of drug-likeness (QED) is 0.528. The topological polar surface area (TPSA) is 120 Å². The van der Waals surface area contributed by atoms with Gasteiger partial charge in [0.15, 0.2) is 0 Å². The van der Waals surface area contributed by atoms with Gasteiger partial charge in [0.2, 0.25) is 11.8 Å². The van der Waals surface area contributed by atoms with Crippen molar-refractivity contribution in [1.29, 1.82) is 0 Å². The highest BCUT2D eigenvalue weighted by molar-refractivity contribution is 6.00. The summed E-state index contributed by atoms with van der Waals surface area (Å²) in [6.07, 6.45) is 1.53. The lowest BCUT2D eigenvalue weighted by Gasteiger charge is -2.15. The minimum atomic E-state index is -0.751. The van der Waals surface area contributed by atoms with Crippen LogP contribution >= 0.6 is 0 Å². The van der Waals surface area contributed by atoms with Gasteiger partial charge in [0.05, 0.1) is 12.6 Å². The van der Waals surface area contributed by atoms with Gasteiger partial charge in [-0.25, -0.2) is 0 Å². The van der Waals surface area contributed by atoms with Crippen LogP contribution in [0.25, 0.3) is 10.9 Å². The van der Waals surface area contributed by atoms with Crippen LogP contribution < -0.4 is 16.0 Å². The summed E-state index contributed by atoms with van der Waals surface area (Å²) < 4.78 is 0. The third kappa shape index (κ3) is 4.33. The van der Waals surface area contributed by atoms with E-state index >= 15 is 0 Å². The number of rotatable bonds is 7. The zero-order valence-electron chi connectivity index (χ0n) is 15.0. The summed E-state index contributed by atoms with van der Waals surface area (Å²) in [6, 6.07) is 6.71. The first-order valence-electron chi connectivity index (χ1n) is 8.87. The molecule has 0 bridgehead atoms. The van der Waals surface area contributed by atoms with Gasteiger partial charge in [-0.1, -0.05) is 12.1 Å². The van der Waals surface area contributed by atoms with E-state index in [2.05, 4.69) is 20.9 Å². The highest BCUT2D eigenvalue weighted by Crippen LogP contribution is 2.19. The lowest BCUT2D eigenvalue weighted by Crippen LogP contribution is -2.44. The summed E-state index contributed by atoms with van der Waals surface area (Å²) >= 11 is 0. The van der Waals surface area contributed by atoms with Crippen LogP contribution in [-0.4, -0.2) is 48.1 Å². The molecular weight excluding hydrogens is 348 g/mol. The fourth-order valence-electron chi connectivity index (χ4n) is 3.27. The van der Waals surface area contributed by atoms with Crippen LogP contribution in [0, 0.1) is 12.8 Å². The summed E-state index contributed by atoms with van der Waals surface area (Å²) in [6.45, 7) is 2.28. The molecule has 0 radical (unpaired) electrons. The molecule has 0 saturated carbocycles. The maximum atomic E-state index is 12.3. The second-order valence-corrected chi connectivity index (χ2v) is 6.72. The number of carbonyl (C=O) groups excluding carboxylic acids is 4. The minimum absolute atomic E-state index is 0.0986. The molecule has 1 aliphatic rings. The maximum absolute atomic E-state index is 12.3. The number of aryl methyl sites for hydroxylation is 1. The molecule has 142 valence electrons. The first-order chi connectivity index (χ1) is 13.0. The Kier molecular flexibility index (Phi) is 5.54. The first-order valence-corrected chi connectivity index (χ1v) is 8.87. The van der Waals surface area contributed by atoms with Crippen molar-refractivity contribution in [3.8, 4) is 0 Å². The van der Waals surface area contributed by atoms with Crippen LogP contribution in [0.15, 0.2) is 24.3 Å². The highest BCUT2D eigenvalue weighted by atomic mass is 16.2. The van der Waals surface area contributed by atoms with Crippen molar-refractivity contribution in [2.24, 2.45) is 5.92 Å². The molecule has 1 aliphatic heterocycles. The van der Waals surface area contributed by atoms with Gasteiger partial charge in [-0.05, 0) is 37.5 Å². The van der Waals surface area contributed by atoms with E-state index in [1.54, 1.807) is 6.07 Å². The van der Waals surface area contributed by atoms with E-state index in [1.807, 2.05) is 25.1 Å². The van der Waals surface area contributed by atoms with Crippen molar-refractivity contribution in [3.63, 3.8) is 0 Å². The van der Waals surface area contributed by atoms with Gasteiger partial charge in [0, 0.05) is 23.4 Å². The van der Waals surface area contributed by atoms with E-state index in [0.29, 0.717) is 24.9 Å². The van der Waals surface area contributed by atoms with Crippen LogP contribution in [0.1, 0.15) is 28.9 Å². The molecule has 1 unspecified atom stereocenters. The van der Waals surface area contributed by atoms with Gasteiger partial charge in [-0.2, -0.15) is 0 Å². The maximum Gasteiger partial charge on any atom is 0.268 e. The Morgan fingerprint density at radius 3 is 2.85 bits per heavy atom. The molecule has 8 heteroatoms. The Morgan fingerprint density at radius 2 is 2.19 bits per heavy atom. The highest BCUT2D eigenvalue weighted by Gasteiger charge is 2.27. The minimum Gasteiger partial charge on any atom is -0.356 e. The number of H-pyrrole nitrogens is 1. The number of aldehydes is 1. The largest absolute Gasteiger partial charge is 0.356 e. The standard InChI is InChI=1S/C19H22N4O4/c1-11-3-2-4-15-14(11)8-16(23-15)19(27)21-9-17(25)22-13(10-24)7-12-5-6-20-18(12)26/h2-4,8,10,12-13,23H,5-7,9H2,1H3,(H,20,26)(H,21,27)(H,22,25)/t12?,13-/m0/s1. The first kappa shape index (κ1) is 18.6. The number of amides is 3. The van der Waals surface area contributed by atoms with Gasteiger partial charge < -0.3 is 25.7 Å². The van der Waals surface area contributed by atoms with Gasteiger partial charge in [-0.15, -0.1) is 0 Å². The molecule has 0 spiro atoms. The molecule has 1 saturated heterocycles. The fourth-order valence-corrected chi connectivity index (χ4v) is 3.27. The fraction of sp³-hybridized carbons (Fsp3) is 0.368. The number of aromatic nitrogens is 1. The molecular formula is C19H22N4O4. The van der Waals surface area contributed by atoms with Crippen molar-refractivity contribution in [1.82, 2.24) is 20.9 Å². The summed E-state index contributed by atoms with van der Waals surface area (Å²) in [5, 5.41) is 8.72. The average Bonchev–Trinajstić information content (AvgIpc) is 3.26. The van der Waals surface area contributed by atoms with Crippen molar-refractivity contribution in [2.75, 3.05) is 13.1 Å². The van der Waals surface area contributed by atoms with Crippen LogP contribution in [0.4, 0.5) is 0 Å². The van der Waals surface area contributed by atoms with Crippen LogP contribution in [-0.2, 0) is 14.4 Å². The van der Waals surface area contributed by atoms with E-state index in [0.717, 1.165) is 16.5 Å². The van der Waals surface area contributed by atoms with E-state index in [4.69, 9.17) is 0 Å². The van der Waals surface area contributed by atoms with Crippen molar-refractivity contribution in [2.45, 2.75) is 25.8 Å². The molecule has 4 N–H and O–H groups in total. The second kappa shape index (κ2) is 8.03. The van der Waals surface area contributed by atoms with Gasteiger partial charge in [0.1, 0.15) is 12.0 Å². The Hall–Kier alpha value is -3.16. The molecule has 0 aliphatic carbocycles. The summed E-state index contributed by atoms with van der Waals surface area (Å²) in [5.74, 6) is -1.26. The number of hydrogen-bond donors (Lipinski definition) is 4. The molecule has 1 aromatic carbocycles. The lowest BCUT2D eigenvalue weighted by atomic mass is 9.99. The Bertz CT molecular complexity index is 889. The molecule has 3 rings (SSSR count). The number of fused-ring (bicyclic) bond motifs is 1. The second-order valence-electron chi connectivity index (χ2n) is 6.72. The Morgan fingerprint density at radius 1 is 1.37 bits per heavy atom. The van der Waals surface area contributed by atoms with Gasteiger partial charge in [-0.3, -0.25) is 14.4 Å². The molecule has 27 heavy (non-hydrogen) atoms. The SMILES string of the molecule is Cc1cccc2[nH]c(C(=O)NCC(=O)N[C@H](C=O)CC3CCNC3=O)cc12. The molecule has 2 atom stereocenters. The van der Waals surface area contributed by atoms with Gasteiger partial charge >= 0.3 is 0 Å². The number of nitrogens with one attached hydrogen (secondary N) is 4. The smallest absolute Gasteiger partial charge is 0.268 e.